The van der Waals surface area contributed by atoms with E-state index in [-0.39, 0.29) is 5.75 Å². The zero-order valence-electron chi connectivity index (χ0n) is 27.3. The van der Waals surface area contributed by atoms with Gasteiger partial charge in [-0.2, -0.15) is 0 Å². The third-order valence-corrected chi connectivity index (χ3v) is 6.69. The van der Waals surface area contributed by atoms with E-state index in [0.29, 0.717) is 47.1 Å². The third kappa shape index (κ3) is 15.2. The van der Waals surface area contributed by atoms with Crippen molar-refractivity contribution in [3.8, 4) is 23.0 Å². The van der Waals surface area contributed by atoms with Crippen LogP contribution in [0, 0.1) is 5.92 Å². The number of benzene rings is 5. The molecule has 5 rings (SSSR count). The smallest absolute Gasteiger partial charge is 0.161 e. The summed E-state index contributed by atoms with van der Waals surface area (Å²) in [6.45, 7) is 4.96. The molecule has 0 amide bonds. The fourth-order valence-electron chi connectivity index (χ4n) is 4.03. The molecule has 0 heterocycles. The Hall–Kier alpha value is -5.07. The lowest BCUT2D eigenvalue weighted by molar-refractivity contribution is 0.111. The molecule has 47 heavy (non-hydrogen) atoms. The summed E-state index contributed by atoms with van der Waals surface area (Å²) in [5, 5.41) is 9.09. The van der Waals surface area contributed by atoms with Crippen LogP contribution in [0.4, 0.5) is 0 Å². The van der Waals surface area contributed by atoms with Crippen LogP contribution in [0.15, 0.2) is 127 Å². The SMILES string of the molecule is CC(C)Cc1ccccc1.COc1cc(C=O)ccc1O.COc1cc(C=O)ccc1OCc1ccccc1.ClCc1ccccc1. The molecular weight excluding hydrogens is 612 g/mol. The van der Waals surface area contributed by atoms with Gasteiger partial charge in [0.15, 0.2) is 23.0 Å². The van der Waals surface area contributed by atoms with Crippen LogP contribution >= 0.6 is 11.6 Å². The summed E-state index contributed by atoms with van der Waals surface area (Å²) in [6.07, 6.45) is 2.67. The van der Waals surface area contributed by atoms with Crippen molar-refractivity contribution in [3.05, 3.63) is 155 Å². The van der Waals surface area contributed by atoms with Gasteiger partial charge >= 0.3 is 0 Å². The molecule has 5 aromatic carbocycles. The number of rotatable bonds is 10. The van der Waals surface area contributed by atoms with Crippen molar-refractivity contribution in [1.29, 1.82) is 0 Å². The number of hydrogen-bond acceptors (Lipinski definition) is 6. The molecule has 7 heteroatoms. The van der Waals surface area contributed by atoms with E-state index in [2.05, 4.69) is 44.2 Å². The van der Waals surface area contributed by atoms with Gasteiger partial charge in [0.2, 0.25) is 0 Å². The lowest BCUT2D eigenvalue weighted by Gasteiger charge is -2.10. The standard InChI is InChI=1S/C15H14O3.C10H14.C8H8O3.C7H7Cl/c1-17-15-9-13(10-16)7-8-14(15)18-11-12-5-3-2-4-6-12;1-9(2)8-10-6-4-3-5-7-10;1-11-8-4-6(5-9)2-3-7(8)10;8-6-7-4-2-1-3-5-7/h2-10H,11H2,1H3;3-7,9H,8H2,1-2H3;2-5,10H,1H3;1-5H,6H2. The lowest BCUT2D eigenvalue weighted by atomic mass is 10.0. The topological polar surface area (TPSA) is 82.1 Å². The molecule has 0 aliphatic carbocycles. The molecule has 0 unspecified atom stereocenters. The molecule has 246 valence electrons. The van der Waals surface area contributed by atoms with Gasteiger partial charge in [0.25, 0.3) is 0 Å². The minimum absolute atomic E-state index is 0.0399. The van der Waals surface area contributed by atoms with E-state index >= 15 is 0 Å². The molecule has 0 spiro atoms. The second kappa shape index (κ2) is 22.4. The molecular formula is C40H43ClO6. The Morgan fingerprint density at radius 3 is 1.53 bits per heavy atom. The summed E-state index contributed by atoms with van der Waals surface area (Å²) in [4.78, 5) is 20.9. The van der Waals surface area contributed by atoms with Gasteiger partial charge in [0.1, 0.15) is 19.2 Å². The average molecular weight is 655 g/mol. The Bertz CT molecular complexity index is 1580. The molecule has 0 radical (unpaired) electrons. The summed E-state index contributed by atoms with van der Waals surface area (Å²) < 4.78 is 15.6. The number of ether oxygens (including phenoxy) is 3. The summed E-state index contributed by atoms with van der Waals surface area (Å²) in [6, 6.07) is 40.0. The quantitative estimate of drug-likeness (QED) is 0.119. The number of halogens is 1. The lowest BCUT2D eigenvalue weighted by Crippen LogP contribution is -1.98. The Kier molecular flexibility index (Phi) is 18.2. The Labute approximate surface area is 283 Å². The Morgan fingerprint density at radius 2 is 1.09 bits per heavy atom. The van der Waals surface area contributed by atoms with Gasteiger partial charge in [-0.25, -0.2) is 0 Å². The van der Waals surface area contributed by atoms with E-state index in [4.69, 9.17) is 30.9 Å². The number of aldehydes is 2. The van der Waals surface area contributed by atoms with Crippen molar-refractivity contribution in [3.63, 3.8) is 0 Å². The van der Waals surface area contributed by atoms with Crippen molar-refractivity contribution >= 4 is 24.2 Å². The highest BCUT2D eigenvalue weighted by Crippen LogP contribution is 2.28. The minimum atomic E-state index is 0.0399. The van der Waals surface area contributed by atoms with Crippen LogP contribution in [0.5, 0.6) is 23.0 Å². The fourth-order valence-corrected chi connectivity index (χ4v) is 4.21. The first kappa shape index (κ1) is 38.1. The van der Waals surface area contributed by atoms with Gasteiger partial charge in [-0.1, -0.05) is 105 Å². The van der Waals surface area contributed by atoms with Gasteiger partial charge in [-0.3, -0.25) is 9.59 Å². The largest absolute Gasteiger partial charge is 0.504 e. The predicted molar refractivity (Wildman–Crippen MR) is 190 cm³/mol. The number of carbonyl (C=O) groups excluding carboxylic acids is 2. The summed E-state index contributed by atoms with van der Waals surface area (Å²) in [7, 11) is 2.99. The molecule has 0 atom stereocenters. The van der Waals surface area contributed by atoms with Crippen LogP contribution in [0.3, 0.4) is 0 Å². The number of aromatic hydroxyl groups is 1. The maximum atomic E-state index is 10.7. The first-order chi connectivity index (χ1) is 22.8. The first-order valence-electron chi connectivity index (χ1n) is 15.1. The van der Waals surface area contributed by atoms with Crippen LogP contribution < -0.4 is 14.2 Å². The summed E-state index contributed by atoms with van der Waals surface area (Å²) in [5.41, 5.74) is 4.75. The van der Waals surface area contributed by atoms with Crippen molar-refractivity contribution in [2.45, 2.75) is 32.8 Å². The first-order valence-corrected chi connectivity index (χ1v) is 15.6. The molecule has 0 bridgehead atoms. The zero-order valence-corrected chi connectivity index (χ0v) is 28.1. The monoisotopic (exact) mass is 654 g/mol. The van der Waals surface area contributed by atoms with E-state index in [1.54, 1.807) is 25.3 Å². The minimum Gasteiger partial charge on any atom is -0.504 e. The predicted octanol–water partition coefficient (Wildman–Crippen LogP) is 9.61. The highest BCUT2D eigenvalue weighted by atomic mass is 35.5. The van der Waals surface area contributed by atoms with Gasteiger partial charge in [0, 0.05) is 17.0 Å². The van der Waals surface area contributed by atoms with Crippen molar-refractivity contribution in [2.75, 3.05) is 14.2 Å². The number of phenolic OH excluding ortho intramolecular Hbond substituents is 1. The van der Waals surface area contributed by atoms with Crippen LogP contribution in [0.2, 0.25) is 0 Å². The molecule has 0 aliphatic heterocycles. The van der Waals surface area contributed by atoms with E-state index in [0.717, 1.165) is 17.8 Å². The van der Waals surface area contributed by atoms with Gasteiger partial charge in [-0.05, 0) is 65.4 Å². The van der Waals surface area contributed by atoms with E-state index < -0.39 is 0 Å². The highest BCUT2D eigenvalue weighted by Gasteiger charge is 2.06. The molecule has 1 N–H and O–H groups in total. The Balaban J connectivity index is 0.000000230. The summed E-state index contributed by atoms with van der Waals surface area (Å²) in [5.74, 6) is 2.93. The van der Waals surface area contributed by atoms with Gasteiger partial charge in [0.05, 0.1) is 14.2 Å². The van der Waals surface area contributed by atoms with Crippen molar-refractivity contribution in [1.82, 2.24) is 0 Å². The zero-order chi connectivity index (χ0) is 34.3. The van der Waals surface area contributed by atoms with Gasteiger partial charge in [-0.15, -0.1) is 11.6 Å². The number of phenols is 1. The maximum absolute atomic E-state index is 10.7. The number of carbonyl (C=O) groups is 2. The van der Waals surface area contributed by atoms with Crippen molar-refractivity contribution in [2.24, 2.45) is 5.92 Å². The fraction of sp³-hybridized carbons (Fsp3) is 0.200. The molecule has 0 aliphatic rings. The molecule has 0 saturated carbocycles. The van der Waals surface area contributed by atoms with Crippen LogP contribution in [-0.4, -0.2) is 31.9 Å². The summed E-state index contributed by atoms with van der Waals surface area (Å²) >= 11 is 5.53. The van der Waals surface area contributed by atoms with E-state index in [1.807, 2.05) is 60.7 Å². The normalized spacial score (nSPS) is 9.66. The molecule has 0 saturated heterocycles. The van der Waals surface area contributed by atoms with Crippen molar-refractivity contribution < 1.29 is 28.9 Å². The van der Waals surface area contributed by atoms with E-state index in [1.165, 1.54) is 42.9 Å². The average Bonchev–Trinajstić information content (AvgIpc) is 3.12. The molecule has 6 nitrogen and oxygen atoms in total. The van der Waals surface area contributed by atoms with Gasteiger partial charge < -0.3 is 19.3 Å². The van der Waals surface area contributed by atoms with Crippen LogP contribution in [0.1, 0.15) is 51.3 Å². The second-order valence-corrected chi connectivity index (χ2v) is 10.8. The molecule has 5 aromatic rings. The van der Waals surface area contributed by atoms with Crippen LogP contribution in [0.25, 0.3) is 0 Å². The molecule has 0 fully saturated rings. The Morgan fingerprint density at radius 1 is 0.617 bits per heavy atom. The number of methoxy groups -OCH3 is 2. The highest BCUT2D eigenvalue weighted by molar-refractivity contribution is 6.17. The van der Waals surface area contributed by atoms with E-state index in [9.17, 15) is 9.59 Å². The number of hydrogen-bond donors (Lipinski definition) is 1. The second-order valence-electron chi connectivity index (χ2n) is 10.6. The van der Waals surface area contributed by atoms with Crippen LogP contribution in [-0.2, 0) is 18.9 Å². The maximum Gasteiger partial charge on any atom is 0.161 e. The molecule has 0 aromatic heterocycles. The number of alkyl halides is 1. The third-order valence-electron chi connectivity index (χ3n) is 6.38.